The lowest BCUT2D eigenvalue weighted by Gasteiger charge is -2.28. The molecular weight excluding hydrogens is 246 g/mol. The third-order valence-electron chi connectivity index (χ3n) is 5.23. The van der Waals surface area contributed by atoms with E-state index in [1.54, 1.807) is 0 Å². The maximum Gasteiger partial charge on any atom is 0.134 e. The second-order valence-corrected chi connectivity index (χ2v) is 6.44. The third kappa shape index (κ3) is 2.68. The summed E-state index contributed by atoms with van der Waals surface area (Å²) in [5.74, 6) is 3.75. The fourth-order valence-corrected chi connectivity index (χ4v) is 3.83. The largest absolute Gasteiger partial charge is 0.373 e. The van der Waals surface area contributed by atoms with Crippen LogP contribution in [0, 0.1) is 5.92 Å². The Morgan fingerprint density at radius 1 is 1.05 bits per heavy atom. The van der Waals surface area contributed by atoms with Gasteiger partial charge in [-0.3, -0.25) is 0 Å². The summed E-state index contributed by atoms with van der Waals surface area (Å²) in [4.78, 5) is 9.80. The Kier molecular flexibility index (Phi) is 4.23. The highest BCUT2D eigenvalue weighted by atomic mass is 15.0. The van der Waals surface area contributed by atoms with Gasteiger partial charge in [0.05, 0.1) is 0 Å². The highest BCUT2D eigenvalue weighted by molar-refractivity contribution is 5.47. The van der Waals surface area contributed by atoms with Crippen LogP contribution >= 0.6 is 0 Å². The van der Waals surface area contributed by atoms with Crippen molar-refractivity contribution in [3.63, 3.8) is 0 Å². The Hall–Kier alpha value is -1.12. The van der Waals surface area contributed by atoms with E-state index in [-0.39, 0.29) is 0 Å². The molecule has 1 heterocycles. The van der Waals surface area contributed by atoms with Crippen LogP contribution in [0.25, 0.3) is 0 Å². The fraction of sp³-hybridized carbons (Fsp3) is 0.765. The molecule has 0 unspecified atom stereocenters. The van der Waals surface area contributed by atoms with E-state index in [0.29, 0.717) is 5.92 Å². The highest BCUT2D eigenvalue weighted by Gasteiger charge is 2.25. The summed E-state index contributed by atoms with van der Waals surface area (Å²) < 4.78 is 0. The van der Waals surface area contributed by atoms with Gasteiger partial charge in [-0.05, 0) is 57.3 Å². The number of fused-ring (bicyclic) bond motifs is 1. The Bertz CT molecular complexity index is 444. The average molecular weight is 273 g/mol. The van der Waals surface area contributed by atoms with E-state index in [4.69, 9.17) is 9.97 Å². The molecule has 1 saturated carbocycles. The van der Waals surface area contributed by atoms with Crippen molar-refractivity contribution < 1.29 is 0 Å². The monoisotopic (exact) mass is 273 g/mol. The van der Waals surface area contributed by atoms with Crippen LogP contribution in [0.15, 0.2) is 0 Å². The fourth-order valence-electron chi connectivity index (χ4n) is 3.83. The molecule has 0 atom stereocenters. The second-order valence-electron chi connectivity index (χ2n) is 6.44. The Morgan fingerprint density at radius 2 is 1.80 bits per heavy atom. The summed E-state index contributed by atoms with van der Waals surface area (Å²) in [7, 11) is 2.00. The molecule has 110 valence electrons. The molecule has 3 nitrogen and oxygen atoms in total. The Labute approximate surface area is 122 Å². The number of aromatic nitrogens is 2. The van der Waals surface area contributed by atoms with E-state index in [2.05, 4.69) is 12.2 Å². The van der Waals surface area contributed by atoms with Gasteiger partial charge in [0.2, 0.25) is 0 Å². The van der Waals surface area contributed by atoms with Crippen molar-refractivity contribution >= 4 is 5.82 Å². The molecule has 0 aliphatic heterocycles. The molecule has 0 spiro atoms. The standard InChI is InChI=1S/C17H27N3/c1-3-12-8-10-13(11-9-12)16-19-15-7-5-4-6-14(15)17(18-2)20-16/h12-13H,3-11H2,1-2H3,(H,18,19,20). The van der Waals surface area contributed by atoms with Crippen molar-refractivity contribution in [2.75, 3.05) is 12.4 Å². The number of nitrogens with zero attached hydrogens (tertiary/aromatic N) is 2. The van der Waals surface area contributed by atoms with Gasteiger partial charge in [0.25, 0.3) is 0 Å². The van der Waals surface area contributed by atoms with Crippen LogP contribution in [0.2, 0.25) is 0 Å². The zero-order valence-corrected chi connectivity index (χ0v) is 12.9. The molecule has 1 aromatic rings. The van der Waals surface area contributed by atoms with Gasteiger partial charge in [-0.2, -0.15) is 0 Å². The van der Waals surface area contributed by atoms with Crippen LogP contribution in [0.5, 0.6) is 0 Å². The molecule has 3 heteroatoms. The number of rotatable bonds is 3. The van der Waals surface area contributed by atoms with Crippen molar-refractivity contribution in [2.45, 2.75) is 70.6 Å². The first-order valence-electron chi connectivity index (χ1n) is 8.39. The molecule has 0 aromatic carbocycles. The van der Waals surface area contributed by atoms with Crippen LogP contribution in [0.1, 0.15) is 74.9 Å². The van der Waals surface area contributed by atoms with Crippen molar-refractivity contribution in [3.05, 3.63) is 17.1 Å². The molecule has 1 N–H and O–H groups in total. The summed E-state index contributed by atoms with van der Waals surface area (Å²) >= 11 is 0. The molecule has 2 aliphatic rings. The molecule has 3 rings (SSSR count). The van der Waals surface area contributed by atoms with Crippen LogP contribution < -0.4 is 5.32 Å². The number of hydrogen-bond donors (Lipinski definition) is 1. The minimum atomic E-state index is 0.595. The zero-order chi connectivity index (χ0) is 13.9. The molecule has 0 radical (unpaired) electrons. The van der Waals surface area contributed by atoms with E-state index in [9.17, 15) is 0 Å². The molecule has 1 aromatic heterocycles. The smallest absolute Gasteiger partial charge is 0.134 e. The molecule has 0 amide bonds. The summed E-state index contributed by atoms with van der Waals surface area (Å²) in [5, 5.41) is 3.30. The minimum Gasteiger partial charge on any atom is -0.373 e. The van der Waals surface area contributed by atoms with Gasteiger partial charge in [0.1, 0.15) is 11.6 Å². The van der Waals surface area contributed by atoms with Crippen LogP contribution in [-0.4, -0.2) is 17.0 Å². The van der Waals surface area contributed by atoms with Crippen molar-refractivity contribution in [1.82, 2.24) is 9.97 Å². The van der Waals surface area contributed by atoms with E-state index in [0.717, 1.165) is 30.4 Å². The lowest BCUT2D eigenvalue weighted by atomic mass is 9.80. The molecule has 2 aliphatic carbocycles. The summed E-state index contributed by atoms with van der Waals surface area (Å²) in [6, 6.07) is 0. The minimum absolute atomic E-state index is 0.595. The highest BCUT2D eigenvalue weighted by Crippen LogP contribution is 2.37. The SMILES string of the molecule is CCC1CCC(c2nc3c(c(NC)n2)CCCC3)CC1. The molecule has 0 bridgehead atoms. The van der Waals surface area contributed by atoms with Crippen molar-refractivity contribution in [1.29, 1.82) is 0 Å². The summed E-state index contributed by atoms with van der Waals surface area (Å²) in [6.45, 7) is 2.32. The van der Waals surface area contributed by atoms with E-state index in [1.165, 1.54) is 56.2 Å². The van der Waals surface area contributed by atoms with E-state index < -0.39 is 0 Å². The molecular formula is C17H27N3. The molecule has 0 saturated heterocycles. The van der Waals surface area contributed by atoms with Crippen LogP contribution in [0.3, 0.4) is 0 Å². The number of aryl methyl sites for hydroxylation is 1. The Balaban J connectivity index is 1.83. The number of nitrogens with one attached hydrogen (secondary N) is 1. The maximum atomic E-state index is 4.95. The van der Waals surface area contributed by atoms with E-state index >= 15 is 0 Å². The summed E-state index contributed by atoms with van der Waals surface area (Å²) in [6.07, 6.45) is 11.5. The summed E-state index contributed by atoms with van der Waals surface area (Å²) in [5.41, 5.74) is 2.70. The van der Waals surface area contributed by atoms with E-state index in [1.807, 2.05) is 7.05 Å². The molecule has 20 heavy (non-hydrogen) atoms. The maximum absolute atomic E-state index is 4.95. The predicted molar refractivity (Wildman–Crippen MR) is 83.2 cm³/mol. The first kappa shape index (κ1) is 13.8. The number of hydrogen-bond acceptors (Lipinski definition) is 3. The Morgan fingerprint density at radius 3 is 2.50 bits per heavy atom. The van der Waals surface area contributed by atoms with Crippen LogP contribution in [-0.2, 0) is 12.8 Å². The van der Waals surface area contributed by atoms with Gasteiger partial charge >= 0.3 is 0 Å². The van der Waals surface area contributed by atoms with Crippen LogP contribution in [0.4, 0.5) is 5.82 Å². The van der Waals surface area contributed by atoms with Crippen molar-refractivity contribution in [2.24, 2.45) is 5.92 Å². The lowest BCUT2D eigenvalue weighted by Crippen LogP contribution is -2.18. The lowest BCUT2D eigenvalue weighted by molar-refractivity contribution is 0.311. The van der Waals surface area contributed by atoms with Gasteiger partial charge in [-0.15, -0.1) is 0 Å². The topological polar surface area (TPSA) is 37.8 Å². The third-order valence-corrected chi connectivity index (χ3v) is 5.23. The predicted octanol–water partition coefficient (Wildman–Crippen LogP) is 4.08. The van der Waals surface area contributed by atoms with Gasteiger partial charge < -0.3 is 5.32 Å². The van der Waals surface area contributed by atoms with Crippen molar-refractivity contribution in [3.8, 4) is 0 Å². The molecule has 1 fully saturated rings. The second kappa shape index (κ2) is 6.11. The number of anilines is 1. The average Bonchev–Trinajstić information content (AvgIpc) is 2.54. The normalized spacial score (nSPS) is 26.1. The zero-order valence-electron chi connectivity index (χ0n) is 12.9. The van der Waals surface area contributed by atoms with Gasteiger partial charge in [-0.1, -0.05) is 13.3 Å². The first-order chi connectivity index (χ1) is 9.81. The first-order valence-corrected chi connectivity index (χ1v) is 8.39. The van der Waals surface area contributed by atoms with Gasteiger partial charge in [0.15, 0.2) is 0 Å². The van der Waals surface area contributed by atoms with Gasteiger partial charge in [-0.25, -0.2) is 9.97 Å². The quantitative estimate of drug-likeness (QED) is 0.901. The van der Waals surface area contributed by atoms with Gasteiger partial charge in [0, 0.05) is 24.2 Å².